The van der Waals surface area contributed by atoms with Gasteiger partial charge in [-0.3, -0.25) is 0 Å². The summed E-state index contributed by atoms with van der Waals surface area (Å²) < 4.78 is 5.65. The molecule has 0 radical (unpaired) electrons. The second-order valence-electron chi connectivity index (χ2n) is 13.6. The first kappa shape index (κ1) is 24.3. The SMILES string of the molecule is CC(CC[C@@H]1C[C@@](C)(O)C(O)O1)C1CC[C@@H]2C3CC=C4C[C@@H](C)C[C@H](O)C4(C)C3CC[C@@]12C. The fourth-order valence-electron chi connectivity index (χ4n) is 9.68. The summed E-state index contributed by atoms with van der Waals surface area (Å²) in [5.41, 5.74) is 0.854. The van der Waals surface area contributed by atoms with Crippen LogP contribution in [0.4, 0.5) is 0 Å². The molecule has 6 unspecified atom stereocenters. The van der Waals surface area contributed by atoms with Crippen LogP contribution in [0.15, 0.2) is 11.6 Å². The third kappa shape index (κ3) is 3.77. The van der Waals surface area contributed by atoms with Gasteiger partial charge in [-0.25, -0.2) is 0 Å². The van der Waals surface area contributed by atoms with E-state index in [1.165, 1.54) is 38.5 Å². The van der Waals surface area contributed by atoms with Crippen LogP contribution in [-0.2, 0) is 4.74 Å². The number of aliphatic hydroxyl groups excluding tert-OH is 2. The molecule has 33 heavy (non-hydrogen) atoms. The number of rotatable bonds is 4. The van der Waals surface area contributed by atoms with Crippen molar-refractivity contribution in [2.24, 2.45) is 46.3 Å². The molecule has 3 saturated carbocycles. The number of hydrogen-bond acceptors (Lipinski definition) is 4. The summed E-state index contributed by atoms with van der Waals surface area (Å²) >= 11 is 0. The van der Waals surface area contributed by atoms with Gasteiger partial charge in [-0.2, -0.15) is 0 Å². The first-order valence-electron chi connectivity index (χ1n) is 13.9. The Kier molecular flexibility index (Phi) is 6.12. The molecule has 3 N–H and O–H groups in total. The fraction of sp³-hybridized carbons (Fsp3) is 0.931. The van der Waals surface area contributed by atoms with Crippen molar-refractivity contribution in [3.05, 3.63) is 11.6 Å². The van der Waals surface area contributed by atoms with E-state index in [0.29, 0.717) is 29.6 Å². The summed E-state index contributed by atoms with van der Waals surface area (Å²) in [4.78, 5) is 0. The Morgan fingerprint density at radius 1 is 1.12 bits per heavy atom. The quantitative estimate of drug-likeness (QED) is 0.488. The highest BCUT2D eigenvalue weighted by Gasteiger charge is 2.60. The third-order valence-corrected chi connectivity index (χ3v) is 11.6. The molecule has 0 aromatic rings. The smallest absolute Gasteiger partial charge is 0.183 e. The summed E-state index contributed by atoms with van der Waals surface area (Å²) in [5.74, 6) is 4.12. The number of allylic oxidation sites excluding steroid dienone is 1. The van der Waals surface area contributed by atoms with Crippen molar-refractivity contribution in [1.82, 2.24) is 0 Å². The van der Waals surface area contributed by atoms with E-state index in [1.807, 2.05) is 0 Å². The van der Waals surface area contributed by atoms with Gasteiger partial charge in [-0.05, 0) is 106 Å². The van der Waals surface area contributed by atoms with Gasteiger partial charge in [0.25, 0.3) is 0 Å². The molecule has 0 amide bonds. The van der Waals surface area contributed by atoms with E-state index >= 15 is 0 Å². The molecule has 0 spiro atoms. The van der Waals surface area contributed by atoms with Crippen LogP contribution in [0.25, 0.3) is 0 Å². The largest absolute Gasteiger partial charge is 0.392 e. The van der Waals surface area contributed by atoms with Crippen LogP contribution in [0.1, 0.15) is 98.8 Å². The highest BCUT2D eigenvalue weighted by atomic mass is 16.6. The maximum absolute atomic E-state index is 11.3. The van der Waals surface area contributed by atoms with Crippen LogP contribution in [0.5, 0.6) is 0 Å². The lowest BCUT2D eigenvalue weighted by atomic mass is 9.46. The molecule has 1 heterocycles. The van der Waals surface area contributed by atoms with Crippen molar-refractivity contribution < 1.29 is 20.1 Å². The van der Waals surface area contributed by atoms with E-state index in [0.717, 1.165) is 37.0 Å². The van der Waals surface area contributed by atoms with Crippen molar-refractivity contribution in [2.45, 2.75) is 123 Å². The Hall–Kier alpha value is -0.420. The van der Waals surface area contributed by atoms with Crippen molar-refractivity contribution >= 4 is 0 Å². The molecule has 4 nitrogen and oxygen atoms in total. The summed E-state index contributed by atoms with van der Waals surface area (Å²) in [6.45, 7) is 11.4. The normalized spacial score (nSPS) is 54.8. The van der Waals surface area contributed by atoms with Gasteiger partial charge in [0.2, 0.25) is 0 Å². The van der Waals surface area contributed by atoms with Crippen LogP contribution in [0.2, 0.25) is 0 Å². The van der Waals surface area contributed by atoms with Gasteiger partial charge in [0.15, 0.2) is 6.29 Å². The van der Waals surface area contributed by atoms with Crippen LogP contribution >= 0.6 is 0 Å². The standard InChI is InChI=1S/C29H48O4/c1-17-14-19-7-9-21-23-11-10-22(18(2)6-8-20-16-28(4,32)26(31)33-20)27(23,3)13-12-24(21)29(19,5)25(30)15-17/h7,17-18,20-26,30-32H,6,8-16H2,1-5H3/t17-,18?,20-,21?,22?,23-,24?,25+,26?,27+,28-,29?/m1/s1. The van der Waals surface area contributed by atoms with Gasteiger partial charge >= 0.3 is 0 Å². The molecular weight excluding hydrogens is 412 g/mol. The highest BCUT2D eigenvalue weighted by Crippen LogP contribution is 2.67. The van der Waals surface area contributed by atoms with Crippen LogP contribution < -0.4 is 0 Å². The zero-order chi connectivity index (χ0) is 23.8. The van der Waals surface area contributed by atoms with Gasteiger partial charge < -0.3 is 20.1 Å². The van der Waals surface area contributed by atoms with Crippen LogP contribution in [-0.4, -0.2) is 39.4 Å². The molecular formula is C29H48O4. The van der Waals surface area contributed by atoms with Gasteiger partial charge in [0, 0.05) is 11.8 Å². The monoisotopic (exact) mass is 460 g/mol. The number of hydrogen-bond donors (Lipinski definition) is 3. The van der Waals surface area contributed by atoms with E-state index in [2.05, 4.69) is 33.8 Å². The maximum Gasteiger partial charge on any atom is 0.183 e. The van der Waals surface area contributed by atoms with Crippen molar-refractivity contribution in [1.29, 1.82) is 0 Å². The molecule has 4 fully saturated rings. The Morgan fingerprint density at radius 3 is 2.58 bits per heavy atom. The lowest BCUT2D eigenvalue weighted by Gasteiger charge is -2.59. The maximum atomic E-state index is 11.3. The van der Waals surface area contributed by atoms with Gasteiger partial charge in [0.05, 0.1) is 12.2 Å². The first-order chi connectivity index (χ1) is 15.5. The number of ether oxygens (including phenoxy) is 1. The van der Waals surface area contributed by atoms with E-state index in [1.54, 1.807) is 12.5 Å². The number of fused-ring (bicyclic) bond motifs is 5. The first-order valence-corrected chi connectivity index (χ1v) is 13.9. The minimum absolute atomic E-state index is 0.00193. The number of aliphatic hydroxyl groups is 3. The fourth-order valence-corrected chi connectivity index (χ4v) is 9.68. The molecule has 12 atom stereocenters. The summed E-state index contributed by atoms with van der Waals surface area (Å²) in [5, 5.41) is 31.5. The second-order valence-corrected chi connectivity index (χ2v) is 13.6. The lowest BCUT2D eigenvalue weighted by molar-refractivity contribution is -0.162. The Balaban J connectivity index is 1.28. The van der Waals surface area contributed by atoms with Gasteiger partial charge in [-0.15, -0.1) is 0 Å². The summed E-state index contributed by atoms with van der Waals surface area (Å²) in [6.07, 6.45) is 12.4. The van der Waals surface area contributed by atoms with E-state index < -0.39 is 11.9 Å². The molecule has 4 aliphatic carbocycles. The van der Waals surface area contributed by atoms with E-state index in [9.17, 15) is 15.3 Å². The zero-order valence-corrected chi connectivity index (χ0v) is 21.6. The molecule has 4 heteroatoms. The summed E-state index contributed by atoms with van der Waals surface area (Å²) in [6, 6.07) is 0. The molecule has 5 rings (SSSR count). The average Bonchev–Trinajstić information content (AvgIpc) is 3.22. The molecule has 1 aliphatic heterocycles. The molecule has 5 aliphatic rings. The van der Waals surface area contributed by atoms with E-state index in [4.69, 9.17) is 4.74 Å². The topological polar surface area (TPSA) is 69.9 Å². The van der Waals surface area contributed by atoms with Crippen LogP contribution in [0.3, 0.4) is 0 Å². The Labute approximate surface area is 201 Å². The zero-order valence-electron chi connectivity index (χ0n) is 21.6. The highest BCUT2D eigenvalue weighted by molar-refractivity contribution is 5.27. The predicted molar refractivity (Wildman–Crippen MR) is 130 cm³/mol. The lowest BCUT2D eigenvalue weighted by Crippen LogP contribution is -2.55. The molecule has 0 bridgehead atoms. The Bertz CT molecular complexity index is 776. The Morgan fingerprint density at radius 2 is 1.88 bits per heavy atom. The van der Waals surface area contributed by atoms with Gasteiger partial charge in [-0.1, -0.05) is 39.3 Å². The minimum Gasteiger partial charge on any atom is -0.392 e. The van der Waals surface area contributed by atoms with Crippen molar-refractivity contribution in [2.75, 3.05) is 0 Å². The van der Waals surface area contributed by atoms with Crippen molar-refractivity contribution in [3.63, 3.8) is 0 Å². The minimum atomic E-state index is -1.11. The van der Waals surface area contributed by atoms with Crippen LogP contribution in [0, 0.1) is 46.3 Å². The molecule has 0 aromatic carbocycles. The molecule has 0 aromatic heterocycles. The second kappa shape index (κ2) is 8.32. The predicted octanol–water partition coefficient (Wildman–Crippen LogP) is 5.45. The van der Waals surface area contributed by atoms with E-state index in [-0.39, 0.29) is 17.6 Å². The molecule has 188 valence electrons. The average molecular weight is 461 g/mol. The van der Waals surface area contributed by atoms with Crippen molar-refractivity contribution in [3.8, 4) is 0 Å². The molecule has 1 saturated heterocycles. The van der Waals surface area contributed by atoms with Gasteiger partial charge in [0.1, 0.15) is 5.60 Å². The summed E-state index contributed by atoms with van der Waals surface area (Å²) in [7, 11) is 0. The third-order valence-electron chi connectivity index (χ3n) is 11.6.